The van der Waals surface area contributed by atoms with Crippen LogP contribution in [0.3, 0.4) is 0 Å². The second-order valence-corrected chi connectivity index (χ2v) is 17.2. The lowest BCUT2D eigenvalue weighted by molar-refractivity contribution is -0.302. The average Bonchev–Trinajstić information content (AvgIpc) is 3.25. The van der Waals surface area contributed by atoms with Gasteiger partial charge in [0.15, 0.2) is 6.29 Å². The Morgan fingerprint density at radius 3 is 1.55 bits per heavy atom. The van der Waals surface area contributed by atoms with Crippen molar-refractivity contribution < 1.29 is 39.8 Å². The second kappa shape index (κ2) is 41.2. The van der Waals surface area contributed by atoms with Gasteiger partial charge in [0.25, 0.3) is 0 Å². The van der Waals surface area contributed by atoms with Gasteiger partial charge in [0.2, 0.25) is 5.91 Å². The summed E-state index contributed by atoms with van der Waals surface area (Å²) in [4.78, 5) is 13.0. The molecule has 1 rings (SSSR count). The Labute approximate surface area is 367 Å². The first-order valence-corrected chi connectivity index (χ1v) is 24.9. The molecular weight excluding hydrogens is 755 g/mol. The van der Waals surface area contributed by atoms with Crippen molar-refractivity contribution in [1.82, 2.24) is 5.32 Å². The summed E-state index contributed by atoms with van der Waals surface area (Å²) in [5.41, 5.74) is 0. The van der Waals surface area contributed by atoms with E-state index in [1.165, 1.54) is 122 Å². The van der Waals surface area contributed by atoms with Crippen LogP contribution in [0.1, 0.15) is 213 Å². The molecule has 0 spiro atoms. The van der Waals surface area contributed by atoms with Crippen molar-refractivity contribution in [3.05, 3.63) is 48.6 Å². The lowest BCUT2D eigenvalue weighted by Crippen LogP contribution is -2.60. The predicted octanol–water partition coefficient (Wildman–Crippen LogP) is 11.0. The summed E-state index contributed by atoms with van der Waals surface area (Å²) in [5.74, 6) is -0.202. The molecule has 1 fully saturated rings. The highest BCUT2D eigenvalue weighted by Gasteiger charge is 2.44. The molecule has 1 amide bonds. The molecule has 9 heteroatoms. The van der Waals surface area contributed by atoms with Crippen LogP contribution in [0.15, 0.2) is 48.6 Å². The molecular formula is C51H93NO8. The summed E-state index contributed by atoms with van der Waals surface area (Å²) in [5, 5.41) is 54.2. The highest BCUT2D eigenvalue weighted by atomic mass is 16.7. The highest BCUT2D eigenvalue weighted by Crippen LogP contribution is 2.22. The van der Waals surface area contributed by atoms with Gasteiger partial charge in [-0.2, -0.15) is 0 Å². The van der Waals surface area contributed by atoms with E-state index >= 15 is 0 Å². The van der Waals surface area contributed by atoms with Crippen molar-refractivity contribution in [3.8, 4) is 0 Å². The number of amides is 1. The molecule has 1 aliphatic heterocycles. The molecule has 7 atom stereocenters. The van der Waals surface area contributed by atoms with Gasteiger partial charge < -0.3 is 40.3 Å². The Kier molecular flexibility index (Phi) is 38.5. The lowest BCUT2D eigenvalue weighted by atomic mass is 9.99. The van der Waals surface area contributed by atoms with Crippen LogP contribution in [0.25, 0.3) is 0 Å². The zero-order chi connectivity index (χ0) is 43.7. The first-order valence-electron chi connectivity index (χ1n) is 24.9. The van der Waals surface area contributed by atoms with Crippen molar-refractivity contribution in [3.63, 3.8) is 0 Å². The van der Waals surface area contributed by atoms with Crippen LogP contribution in [0.2, 0.25) is 0 Å². The molecule has 0 aromatic carbocycles. The van der Waals surface area contributed by atoms with Crippen molar-refractivity contribution in [1.29, 1.82) is 0 Å². The maximum atomic E-state index is 13.0. The van der Waals surface area contributed by atoms with Gasteiger partial charge in [0.05, 0.1) is 25.4 Å². The standard InChI is InChI=1S/C51H93NO8/c1-3-5-7-9-11-13-15-17-19-20-21-22-23-24-25-26-27-28-30-32-34-36-38-40-45(54)44(43-59-51-50(58)49(57)48(56)46(42-53)60-51)52-47(55)41-39-37-35-33-31-29-18-16-14-12-10-8-6-4-2/h10,12,16,18,30,32,38,40,44-46,48-51,53-54,56-58H,3-9,11,13-15,17,19-29,31,33-37,39,41-43H2,1-2H3,(H,52,55)/b12-10-,18-16-,32-30+,40-38+. The van der Waals surface area contributed by atoms with E-state index in [0.717, 1.165) is 70.6 Å². The summed E-state index contributed by atoms with van der Waals surface area (Å²) in [6, 6.07) is -0.829. The fourth-order valence-electron chi connectivity index (χ4n) is 7.60. The summed E-state index contributed by atoms with van der Waals surface area (Å²) in [6.45, 7) is 3.71. The molecule has 1 aliphatic rings. The SMILES string of the molecule is CCCC/C=C\C/C=C\CCCCCCCC(=O)NC(COC1OC(CO)C(O)C(O)C1O)C(O)/C=C/CC/C=C/CCCCCCCCCCCCCCCCCCC. The third-order valence-electron chi connectivity index (χ3n) is 11.6. The molecule has 1 heterocycles. The fraction of sp³-hybridized carbons (Fsp3) is 0.824. The first-order chi connectivity index (χ1) is 29.3. The summed E-state index contributed by atoms with van der Waals surface area (Å²) in [7, 11) is 0. The Morgan fingerprint density at radius 2 is 1.02 bits per heavy atom. The number of allylic oxidation sites excluding steroid dienone is 7. The van der Waals surface area contributed by atoms with Gasteiger partial charge in [-0.25, -0.2) is 0 Å². The molecule has 0 radical (unpaired) electrons. The minimum atomic E-state index is -1.57. The van der Waals surface area contributed by atoms with E-state index in [0.29, 0.717) is 6.42 Å². The van der Waals surface area contributed by atoms with Crippen LogP contribution >= 0.6 is 0 Å². The molecule has 6 N–H and O–H groups in total. The number of carbonyl (C=O) groups is 1. The van der Waals surface area contributed by atoms with Crippen LogP contribution in [-0.2, 0) is 14.3 Å². The summed E-state index contributed by atoms with van der Waals surface area (Å²) >= 11 is 0. The molecule has 7 unspecified atom stereocenters. The number of ether oxygens (including phenoxy) is 2. The van der Waals surface area contributed by atoms with Crippen LogP contribution < -0.4 is 5.32 Å². The van der Waals surface area contributed by atoms with Crippen LogP contribution in [0.5, 0.6) is 0 Å². The normalized spacial score (nSPS) is 20.9. The average molecular weight is 848 g/mol. The fourth-order valence-corrected chi connectivity index (χ4v) is 7.60. The van der Waals surface area contributed by atoms with Gasteiger partial charge in [-0.15, -0.1) is 0 Å². The monoisotopic (exact) mass is 848 g/mol. The molecule has 0 aliphatic carbocycles. The molecule has 350 valence electrons. The minimum absolute atomic E-state index is 0.202. The Hall–Kier alpha value is -1.85. The number of aliphatic hydroxyl groups excluding tert-OH is 5. The van der Waals surface area contributed by atoms with E-state index in [9.17, 15) is 30.3 Å². The van der Waals surface area contributed by atoms with Crippen LogP contribution in [0, 0.1) is 0 Å². The maximum Gasteiger partial charge on any atom is 0.220 e. The quantitative estimate of drug-likeness (QED) is 0.0263. The number of carbonyl (C=O) groups excluding carboxylic acids is 1. The molecule has 0 bridgehead atoms. The first kappa shape index (κ1) is 56.2. The Bertz CT molecular complexity index is 1080. The van der Waals surface area contributed by atoms with Crippen molar-refractivity contribution in [2.24, 2.45) is 0 Å². The molecule has 0 aromatic rings. The van der Waals surface area contributed by atoms with E-state index in [1.54, 1.807) is 6.08 Å². The van der Waals surface area contributed by atoms with E-state index in [-0.39, 0.29) is 12.5 Å². The van der Waals surface area contributed by atoms with E-state index in [4.69, 9.17) is 9.47 Å². The number of aliphatic hydroxyl groups is 5. The maximum absolute atomic E-state index is 13.0. The van der Waals surface area contributed by atoms with Gasteiger partial charge >= 0.3 is 0 Å². The topological polar surface area (TPSA) is 149 Å². The summed E-state index contributed by atoms with van der Waals surface area (Å²) < 4.78 is 11.2. The van der Waals surface area contributed by atoms with Gasteiger partial charge in [-0.3, -0.25) is 4.79 Å². The number of hydrogen-bond donors (Lipinski definition) is 6. The van der Waals surface area contributed by atoms with Gasteiger partial charge in [-0.1, -0.05) is 197 Å². The molecule has 0 saturated carbocycles. The van der Waals surface area contributed by atoms with E-state index in [2.05, 4.69) is 55.6 Å². The number of rotatable bonds is 41. The third kappa shape index (κ3) is 31.1. The molecule has 9 nitrogen and oxygen atoms in total. The van der Waals surface area contributed by atoms with E-state index < -0.39 is 49.5 Å². The predicted molar refractivity (Wildman–Crippen MR) is 249 cm³/mol. The molecule has 1 saturated heterocycles. The minimum Gasteiger partial charge on any atom is -0.394 e. The van der Waals surface area contributed by atoms with E-state index in [1.807, 2.05) is 6.08 Å². The largest absolute Gasteiger partial charge is 0.394 e. The molecule has 0 aromatic heterocycles. The van der Waals surface area contributed by atoms with Gasteiger partial charge in [0, 0.05) is 6.42 Å². The van der Waals surface area contributed by atoms with Crippen LogP contribution in [0.4, 0.5) is 0 Å². The van der Waals surface area contributed by atoms with Gasteiger partial charge in [-0.05, 0) is 57.8 Å². The Balaban J connectivity index is 2.33. The van der Waals surface area contributed by atoms with Crippen molar-refractivity contribution in [2.75, 3.05) is 13.2 Å². The molecule has 60 heavy (non-hydrogen) atoms. The Morgan fingerprint density at radius 1 is 0.567 bits per heavy atom. The number of hydrogen-bond acceptors (Lipinski definition) is 8. The lowest BCUT2D eigenvalue weighted by Gasteiger charge is -2.40. The smallest absolute Gasteiger partial charge is 0.220 e. The highest BCUT2D eigenvalue weighted by molar-refractivity contribution is 5.76. The number of nitrogens with one attached hydrogen (secondary N) is 1. The number of unbranched alkanes of at least 4 members (excludes halogenated alkanes) is 25. The third-order valence-corrected chi connectivity index (χ3v) is 11.6. The second-order valence-electron chi connectivity index (χ2n) is 17.2. The summed E-state index contributed by atoms with van der Waals surface area (Å²) in [6.07, 6.45) is 45.9. The zero-order valence-electron chi connectivity index (χ0n) is 38.5. The van der Waals surface area contributed by atoms with Gasteiger partial charge in [0.1, 0.15) is 24.4 Å². The zero-order valence-corrected chi connectivity index (χ0v) is 38.5. The van der Waals surface area contributed by atoms with Crippen LogP contribution in [-0.4, -0.2) is 87.5 Å². The van der Waals surface area contributed by atoms with Crippen molar-refractivity contribution in [2.45, 2.75) is 256 Å². The van der Waals surface area contributed by atoms with Crippen molar-refractivity contribution >= 4 is 5.91 Å².